The molecule has 0 unspecified atom stereocenters. The maximum absolute atomic E-state index is 11.6. The summed E-state index contributed by atoms with van der Waals surface area (Å²) in [4.78, 5) is 24.9. The summed E-state index contributed by atoms with van der Waals surface area (Å²) < 4.78 is 29.3. The van der Waals surface area contributed by atoms with Gasteiger partial charge in [0.2, 0.25) is 0 Å². The molecule has 0 radical (unpaired) electrons. The maximum atomic E-state index is 11.6. The number of hydrogen-bond acceptors (Lipinski definition) is 7. The Balaban J connectivity index is 1.22. The van der Waals surface area contributed by atoms with Crippen LogP contribution in [0, 0.1) is 13.8 Å². The third kappa shape index (κ3) is 6.32. The molecule has 9 heteroatoms. The van der Waals surface area contributed by atoms with Crippen LogP contribution in [0.1, 0.15) is 36.1 Å². The Bertz CT molecular complexity index is 1560. The van der Waals surface area contributed by atoms with Gasteiger partial charge in [-0.25, -0.2) is 14.6 Å². The van der Waals surface area contributed by atoms with Crippen LogP contribution in [-0.2, 0) is 22.6 Å². The maximum Gasteiger partial charge on any atom is 0.440 e. The molecule has 0 bridgehead atoms. The van der Waals surface area contributed by atoms with Crippen molar-refractivity contribution in [1.29, 1.82) is 0 Å². The predicted molar refractivity (Wildman–Crippen MR) is 145 cm³/mol. The summed E-state index contributed by atoms with van der Waals surface area (Å²) in [5.41, 5.74) is 5.85. The third-order valence-electron chi connectivity index (χ3n) is 6.71. The molecule has 1 atom stereocenters. The van der Waals surface area contributed by atoms with Crippen LogP contribution in [-0.4, -0.2) is 34.8 Å². The van der Waals surface area contributed by atoms with Crippen LogP contribution in [0.4, 0.5) is 0 Å². The number of aromatic nitrogens is 2. The first-order valence-electron chi connectivity index (χ1n) is 12.8. The Morgan fingerprint density at radius 2 is 1.74 bits per heavy atom. The lowest BCUT2D eigenvalue weighted by Gasteiger charge is -2.18. The minimum absolute atomic E-state index is 0.0821. The van der Waals surface area contributed by atoms with Crippen LogP contribution in [0.2, 0.25) is 0 Å². The molecule has 1 saturated heterocycles. The highest BCUT2D eigenvalue weighted by molar-refractivity contribution is 5.72. The summed E-state index contributed by atoms with van der Waals surface area (Å²) in [6.45, 7) is 9.52. The fourth-order valence-electron chi connectivity index (χ4n) is 4.63. The quantitative estimate of drug-likeness (QED) is 0.337. The number of nitrogens with zero attached hydrogens (tertiary/aromatic N) is 1. The summed E-state index contributed by atoms with van der Waals surface area (Å²) in [7, 11) is 0. The van der Waals surface area contributed by atoms with Crippen molar-refractivity contribution in [1.82, 2.24) is 9.72 Å². The summed E-state index contributed by atoms with van der Waals surface area (Å²) >= 11 is 0. The second-order valence-corrected chi connectivity index (χ2v) is 10.1. The molecule has 2 heterocycles. The molecular formula is C30H32N2O7. The number of ether oxygens (including phenoxy) is 4. The summed E-state index contributed by atoms with van der Waals surface area (Å²) in [5.74, 6) is 0.165. The molecule has 4 aromatic rings. The molecule has 1 N–H and O–H groups in total. The molecule has 0 amide bonds. The Morgan fingerprint density at radius 3 is 2.41 bits per heavy atom. The monoisotopic (exact) mass is 532 g/mol. The van der Waals surface area contributed by atoms with Gasteiger partial charge in [-0.3, -0.25) is 0 Å². The zero-order chi connectivity index (χ0) is 27.6. The number of nitrogens with one attached hydrogen (secondary N) is 1. The van der Waals surface area contributed by atoms with E-state index >= 15 is 0 Å². The Labute approximate surface area is 225 Å². The van der Waals surface area contributed by atoms with Gasteiger partial charge >= 0.3 is 11.4 Å². The molecule has 0 spiro atoms. The van der Waals surface area contributed by atoms with E-state index in [9.17, 15) is 9.59 Å². The SMILES string of the molecule is Cc1cc(OC[C@@H]2COC(C)(C)O2)ccc1-c1cccc(COc2ccc(Cn3oc(=O)[nH]c3=O)cc2)c1C. The predicted octanol–water partition coefficient (Wildman–Crippen LogP) is 4.57. The van der Waals surface area contributed by atoms with E-state index < -0.39 is 17.2 Å². The molecule has 1 fully saturated rings. The van der Waals surface area contributed by atoms with E-state index in [1.165, 1.54) is 0 Å². The van der Waals surface area contributed by atoms with Crippen LogP contribution in [0.15, 0.2) is 74.8 Å². The van der Waals surface area contributed by atoms with E-state index in [1.807, 2.05) is 56.3 Å². The van der Waals surface area contributed by atoms with E-state index in [0.717, 1.165) is 43.9 Å². The first-order valence-corrected chi connectivity index (χ1v) is 12.8. The lowest BCUT2D eigenvalue weighted by atomic mass is 9.93. The highest BCUT2D eigenvalue weighted by Gasteiger charge is 2.33. The molecule has 1 aromatic heterocycles. The van der Waals surface area contributed by atoms with Crippen LogP contribution in [0.5, 0.6) is 11.5 Å². The highest BCUT2D eigenvalue weighted by Crippen LogP contribution is 2.32. The molecule has 5 rings (SSSR count). The number of hydrogen-bond donors (Lipinski definition) is 1. The first kappa shape index (κ1) is 26.5. The van der Waals surface area contributed by atoms with Crippen molar-refractivity contribution in [3.05, 3.63) is 104 Å². The Morgan fingerprint density at radius 1 is 0.974 bits per heavy atom. The van der Waals surface area contributed by atoms with Gasteiger partial charge < -0.3 is 23.5 Å². The number of rotatable bonds is 9. The zero-order valence-corrected chi connectivity index (χ0v) is 22.5. The first-order chi connectivity index (χ1) is 18.7. The van der Waals surface area contributed by atoms with Crippen molar-refractivity contribution in [2.24, 2.45) is 0 Å². The molecule has 1 aliphatic heterocycles. The molecular weight excluding hydrogens is 500 g/mol. The smallest absolute Gasteiger partial charge is 0.440 e. The van der Waals surface area contributed by atoms with Gasteiger partial charge in [-0.2, -0.15) is 0 Å². The number of aryl methyl sites for hydroxylation is 1. The second kappa shape index (κ2) is 11.0. The lowest BCUT2D eigenvalue weighted by Crippen LogP contribution is -2.25. The molecule has 1 aliphatic rings. The summed E-state index contributed by atoms with van der Waals surface area (Å²) in [5, 5.41) is 0. The van der Waals surface area contributed by atoms with Gasteiger partial charge in [0.25, 0.3) is 0 Å². The zero-order valence-electron chi connectivity index (χ0n) is 22.5. The van der Waals surface area contributed by atoms with E-state index in [2.05, 4.69) is 37.0 Å². The molecule has 0 aliphatic carbocycles. The van der Waals surface area contributed by atoms with Crippen LogP contribution < -0.4 is 20.9 Å². The van der Waals surface area contributed by atoms with Gasteiger partial charge in [-0.05, 0) is 85.3 Å². The third-order valence-corrected chi connectivity index (χ3v) is 6.71. The van der Waals surface area contributed by atoms with Gasteiger partial charge in [-0.15, -0.1) is 4.74 Å². The number of H-pyrrole nitrogens is 1. The van der Waals surface area contributed by atoms with Crippen LogP contribution in [0.3, 0.4) is 0 Å². The van der Waals surface area contributed by atoms with E-state index in [4.69, 9.17) is 23.5 Å². The van der Waals surface area contributed by atoms with Crippen LogP contribution >= 0.6 is 0 Å². The fraction of sp³-hybridized carbons (Fsp3) is 0.333. The molecule has 39 heavy (non-hydrogen) atoms. The van der Waals surface area contributed by atoms with Crippen molar-refractivity contribution >= 4 is 0 Å². The number of benzene rings is 3. The molecule has 3 aromatic carbocycles. The fourth-order valence-corrected chi connectivity index (χ4v) is 4.63. The van der Waals surface area contributed by atoms with Crippen molar-refractivity contribution < 1.29 is 23.5 Å². The van der Waals surface area contributed by atoms with Gasteiger partial charge in [0.05, 0.1) is 13.2 Å². The normalized spacial score (nSPS) is 16.4. The van der Waals surface area contributed by atoms with Gasteiger partial charge in [0, 0.05) is 0 Å². The van der Waals surface area contributed by atoms with Gasteiger partial charge in [-0.1, -0.05) is 36.4 Å². The van der Waals surface area contributed by atoms with Crippen LogP contribution in [0.25, 0.3) is 11.1 Å². The van der Waals surface area contributed by atoms with E-state index in [0.29, 0.717) is 25.6 Å². The lowest BCUT2D eigenvalue weighted by molar-refractivity contribution is -0.141. The summed E-state index contributed by atoms with van der Waals surface area (Å²) in [6, 6.07) is 19.7. The van der Waals surface area contributed by atoms with Gasteiger partial charge in [0.15, 0.2) is 5.79 Å². The van der Waals surface area contributed by atoms with Crippen molar-refractivity contribution in [3.63, 3.8) is 0 Å². The highest BCUT2D eigenvalue weighted by atomic mass is 16.7. The standard InChI is InChI=1S/C30H32N2O7/c1-19-14-24(36-17-25-18-37-30(3,4)38-25)12-13-26(19)27-7-5-6-22(20(27)2)16-35-23-10-8-21(9-11-23)15-32-28(33)31-29(34)39-32/h5-14,25H,15-18H2,1-4H3,(H,31,33,34)/t25-/m1/s1. The van der Waals surface area contributed by atoms with Crippen molar-refractivity contribution in [2.45, 2.75) is 52.7 Å². The minimum atomic E-state index is -0.772. The Kier molecular flexibility index (Phi) is 7.45. The minimum Gasteiger partial charge on any atom is -0.491 e. The molecule has 204 valence electrons. The molecule has 0 saturated carbocycles. The average molecular weight is 533 g/mol. The van der Waals surface area contributed by atoms with E-state index in [-0.39, 0.29) is 12.6 Å². The van der Waals surface area contributed by atoms with Crippen molar-refractivity contribution in [3.8, 4) is 22.6 Å². The van der Waals surface area contributed by atoms with E-state index in [1.54, 1.807) is 0 Å². The second-order valence-electron chi connectivity index (χ2n) is 10.1. The largest absolute Gasteiger partial charge is 0.491 e. The molecule has 9 nitrogen and oxygen atoms in total. The van der Waals surface area contributed by atoms with Gasteiger partial charge in [0.1, 0.15) is 30.8 Å². The number of aromatic amines is 1. The Hall–Kier alpha value is -4.08. The summed E-state index contributed by atoms with van der Waals surface area (Å²) in [6.07, 6.45) is -0.0821. The average Bonchev–Trinajstić information content (AvgIpc) is 3.42. The van der Waals surface area contributed by atoms with Crippen molar-refractivity contribution in [2.75, 3.05) is 13.2 Å². The topological polar surface area (TPSA) is 105 Å².